The molecule has 0 bridgehead atoms. The van der Waals surface area contributed by atoms with Crippen molar-refractivity contribution in [1.82, 2.24) is 0 Å². The van der Waals surface area contributed by atoms with Crippen molar-refractivity contribution in [1.29, 1.82) is 0 Å². The Bertz CT molecular complexity index is 168. The zero-order chi connectivity index (χ0) is 12.5. The zero-order valence-electron chi connectivity index (χ0n) is 12.2. The van der Waals surface area contributed by atoms with Crippen LogP contribution in [0.1, 0.15) is 77.0 Å². The van der Waals surface area contributed by atoms with E-state index in [2.05, 4.69) is 0 Å². The molecule has 0 aromatic rings. The highest BCUT2D eigenvalue weighted by Gasteiger charge is 2.21. The quantitative estimate of drug-likeness (QED) is 0.644. The number of hydrogen-bond donors (Lipinski definition) is 0. The second-order valence-electron chi connectivity index (χ2n) is 6.56. The van der Waals surface area contributed by atoms with Gasteiger partial charge < -0.3 is 4.74 Å². The van der Waals surface area contributed by atoms with Gasteiger partial charge in [-0.05, 0) is 12.8 Å². The van der Waals surface area contributed by atoms with Gasteiger partial charge in [0, 0.05) is 13.2 Å². The molecule has 3 fully saturated rings. The first kappa shape index (κ1) is 14.4. The molecule has 0 N–H and O–H groups in total. The Balaban J connectivity index is 0.000000202. The second-order valence-corrected chi connectivity index (χ2v) is 6.56. The standard InChI is InChI=1S/C12H23B.C4H8O/c1-3-7-11(8-4-1)13-12-9-5-2-6-10-12;1-2-4-5-3-1/h11-13H,1-10H2;1-4H2. The molecular weight excluding hydrogens is 219 g/mol. The summed E-state index contributed by atoms with van der Waals surface area (Å²) >= 11 is 0. The summed E-state index contributed by atoms with van der Waals surface area (Å²) in [5.41, 5.74) is 0. The Morgan fingerprint density at radius 2 is 1.00 bits per heavy atom. The minimum Gasteiger partial charge on any atom is -0.381 e. The maximum atomic E-state index is 4.94. The molecule has 1 aliphatic heterocycles. The largest absolute Gasteiger partial charge is 0.381 e. The molecule has 18 heavy (non-hydrogen) atoms. The van der Waals surface area contributed by atoms with Crippen LogP contribution >= 0.6 is 0 Å². The molecule has 2 aliphatic carbocycles. The molecule has 0 aromatic carbocycles. The SMILES string of the molecule is B(C1CCCCC1)C1CCCCC1.C1CCOC1. The van der Waals surface area contributed by atoms with Gasteiger partial charge in [0.1, 0.15) is 7.28 Å². The minimum absolute atomic E-state index is 1.00. The van der Waals surface area contributed by atoms with Crippen LogP contribution < -0.4 is 0 Å². The van der Waals surface area contributed by atoms with Gasteiger partial charge in [-0.15, -0.1) is 0 Å². The highest BCUT2D eigenvalue weighted by molar-refractivity contribution is 6.39. The summed E-state index contributed by atoms with van der Waals surface area (Å²) in [6.07, 6.45) is 17.9. The van der Waals surface area contributed by atoms with Crippen LogP contribution in [-0.4, -0.2) is 20.5 Å². The Morgan fingerprint density at radius 3 is 1.33 bits per heavy atom. The first-order chi connectivity index (χ1) is 8.95. The summed E-state index contributed by atoms with van der Waals surface area (Å²) in [6, 6.07) is 0. The van der Waals surface area contributed by atoms with Crippen LogP contribution in [0.15, 0.2) is 0 Å². The van der Waals surface area contributed by atoms with Gasteiger partial charge in [-0.3, -0.25) is 0 Å². The van der Waals surface area contributed by atoms with E-state index >= 15 is 0 Å². The van der Waals surface area contributed by atoms with E-state index in [1.807, 2.05) is 0 Å². The lowest BCUT2D eigenvalue weighted by molar-refractivity contribution is 0.198. The third-order valence-corrected chi connectivity index (χ3v) is 4.94. The van der Waals surface area contributed by atoms with Crippen molar-refractivity contribution < 1.29 is 4.74 Å². The number of hydrogen-bond acceptors (Lipinski definition) is 1. The fourth-order valence-corrected chi connectivity index (χ4v) is 3.83. The summed E-state index contributed by atoms with van der Waals surface area (Å²) in [7, 11) is 1.58. The van der Waals surface area contributed by atoms with Crippen LogP contribution in [-0.2, 0) is 4.74 Å². The van der Waals surface area contributed by atoms with Crippen LogP contribution in [0.5, 0.6) is 0 Å². The Kier molecular flexibility index (Phi) is 7.23. The molecule has 0 spiro atoms. The van der Waals surface area contributed by atoms with Crippen molar-refractivity contribution in [2.24, 2.45) is 0 Å². The normalized spacial score (nSPS) is 26.4. The van der Waals surface area contributed by atoms with Crippen molar-refractivity contribution >= 4 is 7.28 Å². The van der Waals surface area contributed by atoms with E-state index in [1.165, 1.54) is 51.4 Å². The average molecular weight is 250 g/mol. The van der Waals surface area contributed by atoms with Gasteiger partial charge in [0.2, 0.25) is 0 Å². The van der Waals surface area contributed by atoms with E-state index in [4.69, 9.17) is 4.74 Å². The van der Waals surface area contributed by atoms with E-state index < -0.39 is 0 Å². The molecule has 0 radical (unpaired) electrons. The third kappa shape index (κ3) is 5.78. The zero-order valence-corrected chi connectivity index (χ0v) is 12.2. The van der Waals surface area contributed by atoms with Crippen LogP contribution in [0.4, 0.5) is 0 Å². The molecular formula is C16H31BO. The van der Waals surface area contributed by atoms with Gasteiger partial charge in [0.05, 0.1) is 0 Å². The van der Waals surface area contributed by atoms with Crippen molar-refractivity contribution in [2.45, 2.75) is 88.7 Å². The molecule has 0 aromatic heterocycles. The fourth-order valence-electron chi connectivity index (χ4n) is 3.83. The lowest BCUT2D eigenvalue weighted by atomic mass is 9.48. The maximum absolute atomic E-state index is 4.94. The summed E-state index contributed by atoms with van der Waals surface area (Å²) in [5, 5.41) is 0. The summed E-state index contributed by atoms with van der Waals surface area (Å²) in [4.78, 5) is 0. The van der Waals surface area contributed by atoms with Gasteiger partial charge in [-0.2, -0.15) is 0 Å². The van der Waals surface area contributed by atoms with Gasteiger partial charge >= 0.3 is 0 Å². The van der Waals surface area contributed by atoms with Crippen LogP contribution in [0, 0.1) is 0 Å². The molecule has 104 valence electrons. The van der Waals surface area contributed by atoms with Crippen LogP contribution in [0.3, 0.4) is 0 Å². The second kappa shape index (κ2) is 9.01. The first-order valence-corrected chi connectivity index (χ1v) is 8.53. The minimum atomic E-state index is 1.00. The Hall–Kier alpha value is 0.0249. The molecule has 0 amide bonds. The fraction of sp³-hybridized carbons (Fsp3) is 1.00. The monoisotopic (exact) mass is 250 g/mol. The van der Waals surface area contributed by atoms with Crippen molar-refractivity contribution in [3.05, 3.63) is 0 Å². The smallest absolute Gasteiger partial charge is 0.127 e. The van der Waals surface area contributed by atoms with Crippen LogP contribution in [0.2, 0.25) is 11.6 Å². The predicted octanol–water partition coefficient (Wildman–Crippen LogP) is 4.72. The van der Waals surface area contributed by atoms with Crippen LogP contribution in [0.25, 0.3) is 0 Å². The van der Waals surface area contributed by atoms with Crippen molar-refractivity contribution in [3.63, 3.8) is 0 Å². The summed E-state index contributed by atoms with van der Waals surface area (Å²) < 4.78 is 4.94. The Morgan fingerprint density at radius 1 is 0.556 bits per heavy atom. The average Bonchev–Trinajstić information content (AvgIpc) is 3.00. The third-order valence-electron chi connectivity index (χ3n) is 4.94. The molecule has 1 heterocycles. The van der Waals surface area contributed by atoms with Gasteiger partial charge in [-0.1, -0.05) is 75.8 Å². The van der Waals surface area contributed by atoms with E-state index in [1.54, 1.807) is 33.0 Å². The molecule has 3 aliphatic rings. The van der Waals surface area contributed by atoms with Crippen molar-refractivity contribution in [2.75, 3.05) is 13.2 Å². The molecule has 2 saturated carbocycles. The molecule has 1 nitrogen and oxygen atoms in total. The molecule has 2 heteroatoms. The van der Waals surface area contributed by atoms with Gasteiger partial charge in [0.25, 0.3) is 0 Å². The van der Waals surface area contributed by atoms with Gasteiger partial charge in [0.15, 0.2) is 0 Å². The van der Waals surface area contributed by atoms with E-state index in [0.29, 0.717) is 0 Å². The molecule has 0 atom stereocenters. The van der Waals surface area contributed by atoms with E-state index in [-0.39, 0.29) is 0 Å². The number of rotatable bonds is 2. The lowest BCUT2D eigenvalue weighted by Gasteiger charge is -2.27. The molecule has 3 rings (SSSR count). The lowest BCUT2D eigenvalue weighted by Crippen LogP contribution is -2.16. The molecule has 0 unspecified atom stereocenters. The van der Waals surface area contributed by atoms with Gasteiger partial charge in [-0.25, -0.2) is 0 Å². The highest BCUT2D eigenvalue weighted by Crippen LogP contribution is 2.36. The van der Waals surface area contributed by atoms with Crippen molar-refractivity contribution in [3.8, 4) is 0 Å². The summed E-state index contributed by atoms with van der Waals surface area (Å²) in [5.74, 6) is 2.24. The highest BCUT2D eigenvalue weighted by atomic mass is 16.5. The predicted molar refractivity (Wildman–Crippen MR) is 80.9 cm³/mol. The number of ether oxygens (including phenoxy) is 1. The maximum Gasteiger partial charge on any atom is 0.127 e. The molecule has 1 saturated heterocycles. The topological polar surface area (TPSA) is 9.23 Å². The summed E-state index contributed by atoms with van der Waals surface area (Å²) in [6.45, 7) is 2.00. The first-order valence-electron chi connectivity index (χ1n) is 8.53. The van der Waals surface area contributed by atoms with E-state index in [0.717, 1.165) is 24.8 Å². The Labute approximate surface area is 114 Å². The van der Waals surface area contributed by atoms with E-state index in [9.17, 15) is 0 Å².